The molecule has 1 aliphatic heterocycles. The van der Waals surface area contributed by atoms with Gasteiger partial charge in [0, 0.05) is 18.5 Å². The summed E-state index contributed by atoms with van der Waals surface area (Å²) in [5.41, 5.74) is 2.44. The Bertz CT molecular complexity index is 1250. The van der Waals surface area contributed by atoms with Crippen LogP contribution in [0, 0.1) is 6.92 Å². The topological polar surface area (TPSA) is 122 Å². The maximum Gasteiger partial charge on any atom is 0.293 e. The van der Waals surface area contributed by atoms with Crippen LogP contribution in [-0.2, 0) is 16.0 Å². The minimum absolute atomic E-state index is 0.00232. The largest absolute Gasteiger partial charge is 0.459 e. The van der Waals surface area contributed by atoms with E-state index in [1.165, 1.54) is 23.7 Å². The normalized spacial score (nSPS) is 14.6. The fraction of sp³-hybridized carbons (Fsp3) is 0.174. The van der Waals surface area contributed by atoms with Gasteiger partial charge in [-0.15, -0.1) is 11.3 Å². The van der Waals surface area contributed by atoms with E-state index in [9.17, 15) is 19.2 Å². The van der Waals surface area contributed by atoms with E-state index in [0.717, 1.165) is 27.8 Å². The second-order valence-electron chi connectivity index (χ2n) is 7.35. The molecule has 0 bridgehead atoms. The van der Waals surface area contributed by atoms with Crippen molar-refractivity contribution in [1.82, 2.24) is 15.2 Å². The van der Waals surface area contributed by atoms with E-state index in [4.69, 9.17) is 4.42 Å². The predicted molar refractivity (Wildman–Crippen MR) is 129 cm³/mol. The highest BCUT2D eigenvalue weighted by molar-refractivity contribution is 8.18. The van der Waals surface area contributed by atoms with Gasteiger partial charge in [-0.1, -0.05) is 29.8 Å². The van der Waals surface area contributed by atoms with Crippen molar-refractivity contribution in [3.8, 4) is 0 Å². The van der Waals surface area contributed by atoms with Crippen LogP contribution in [0.4, 0.5) is 9.93 Å². The van der Waals surface area contributed by atoms with Gasteiger partial charge < -0.3 is 9.73 Å². The molecule has 0 saturated carbocycles. The summed E-state index contributed by atoms with van der Waals surface area (Å²) in [6, 6.07) is 10.8. The van der Waals surface area contributed by atoms with E-state index >= 15 is 0 Å². The summed E-state index contributed by atoms with van der Waals surface area (Å²) >= 11 is 2.08. The van der Waals surface area contributed by atoms with Crippen molar-refractivity contribution in [2.75, 3.05) is 18.4 Å². The molecule has 34 heavy (non-hydrogen) atoms. The van der Waals surface area contributed by atoms with Crippen molar-refractivity contribution in [3.63, 3.8) is 0 Å². The minimum Gasteiger partial charge on any atom is -0.459 e. The molecule has 1 saturated heterocycles. The number of anilines is 1. The van der Waals surface area contributed by atoms with Crippen LogP contribution in [0.25, 0.3) is 6.08 Å². The second kappa shape index (κ2) is 10.5. The highest BCUT2D eigenvalue weighted by atomic mass is 32.2. The number of nitrogens with zero attached hydrogens (tertiary/aromatic N) is 2. The zero-order valence-electron chi connectivity index (χ0n) is 18.1. The van der Waals surface area contributed by atoms with Crippen molar-refractivity contribution in [2.24, 2.45) is 0 Å². The van der Waals surface area contributed by atoms with E-state index in [2.05, 4.69) is 15.6 Å². The van der Waals surface area contributed by atoms with Crippen molar-refractivity contribution in [3.05, 3.63) is 75.5 Å². The molecule has 4 rings (SSSR count). The number of furan rings is 1. The van der Waals surface area contributed by atoms with E-state index in [1.807, 2.05) is 31.2 Å². The molecule has 11 heteroatoms. The first-order chi connectivity index (χ1) is 16.4. The number of thiazole rings is 1. The summed E-state index contributed by atoms with van der Waals surface area (Å²) in [5.74, 6) is -0.947. The number of rotatable bonds is 8. The molecule has 9 nitrogen and oxygen atoms in total. The monoisotopic (exact) mass is 496 g/mol. The molecule has 1 fully saturated rings. The van der Waals surface area contributed by atoms with Gasteiger partial charge in [0.05, 0.1) is 23.3 Å². The molecule has 1 aromatic carbocycles. The first kappa shape index (κ1) is 23.5. The van der Waals surface area contributed by atoms with Gasteiger partial charge in [-0.3, -0.25) is 29.4 Å². The predicted octanol–water partition coefficient (Wildman–Crippen LogP) is 3.69. The summed E-state index contributed by atoms with van der Waals surface area (Å²) in [7, 11) is 0. The number of hydrogen-bond acceptors (Lipinski definition) is 8. The SMILES string of the molecule is Cc1ccc(/C=C2\SC(=O)N(CCNC(=O)Cc3csc(NC(=O)c4ccco4)n3)C2=O)cc1. The van der Waals surface area contributed by atoms with Crippen molar-refractivity contribution < 1.29 is 23.6 Å². The number of nitrogens with one attached hydrogen (secondary N) is 2. The number of carbonyl (C=O) groups is 4. The quantitative estimate of drug-likeness (QED) is 0.456. The van der Waals surface area contributed by atoms with E-state index in [0.29, 0.717) is 15.7 Å². The number of thioether (sulfide) groups is 1. The van der Waals surface area contributed by atoms with Crippen LogP contribution < -0.4 is 10.6 Å². The third-order valence-electron chi connectivity index (χ3n) is 4.77. The van der Waals surface area contributed by atoms with E-state index in [-0.39, 0.29) is 42.3 Å². The number of aryl methyl sites for hydroxylation is 1. The Labute approximate surface area is 203 Å². The van der Waals surface area contributed by atoms with Crippen LogP contribution in [0.5, 0.6) is 0 Å². The zero-order chi connectivity index (χ0) is 24.1. The number of aromatic nitrogens is 1. The Morgan fingerprint density at radius 1 is 1.18 bits per heavy atom. The van der Waals surface area contributed by atoms with Crippen LogP contribution in [-0.4, -0.2) is 45.9 Å². The second-order valence-corrected chi connectivity index (χ2v) is 9.20. The van der Waals surface area contributed by atoms with Crippen LogP contribution in [0.15, 0.2) is 57.4 Å². The smallest absolute Gasteiger partial charge is 0.293 e. The van der Waals surface area contributed by atoms with Gasteiger partial charge >= 0.3 is 0 Å². The van der Waals surface area contributed by atoms with E-state index < -0.39 is 5.91 Å². The molecule has 0 atom stereocenters. The first-order valence-corrected chi connectivity index (χ1v) is 12.0. The highest BCUT2D eigenvalue weighted by Crippen LogP contribution is 2.31. The first-order valence-electron chi connectivity index (χ1n) is 10.3. The molecule has 0 spiro atoms. The lowest BCUT2D eigenvalue weighted by molar-refractivity contribution is -0.124. The third-order valence-corrected chi connectivity index (χ3v) is 6.48. The molecule has 0 unspecified atom stereocenters. The summed E-state index contributed by atoms with van der Waals surface area (Å²) in [6.07, 6.45) is 3.09. The lowest BCUT2D eigenvalue weighted by Gasteiger charge is -2.12. The number of benzene rings is 1. The fourth-order valence-electron chi connectivity index (χ4n) is 3.05. The summed E-state index contributed by atoms with van der Waals surface area (Å²) in [6.45, 7) is 2.17. The van der Waals surface area contributed by atoms with Gasteiger partial charge in [0.1, 0.15) is 0 Å². The Morgan fingerprint density at radius 3 is 2.71 bits per heavy atom. The Kier molecular flexibility index (Phi) is 7.24. The molecular weight excluding hydrogens is 476 g/mol. The van der Waals surface area contributed by atoms with Crippen molar-refractivity contribution >= 4 is 57.3 Å². The summed E-state index contributed by atoms with van der Waals surface area (Å²) < 4.78 is 5.02. The standard InChI is InChI=1S/C23H20N4O5S2/c1-14-4-6-15(7-5-14)11-18-21(30)27(23(31)34-18)9-8-24-19(28)12-16-13-33-22(25-16)26-20(29)17-3-2-10-32-17/h2-7,10-11,13H,8-9,12H2,1H3,(H,24,28)(H,25,26,29)/b18-11-. The van der Waals surface area contributed by atoms with Gasteiger partial charge in [0.15, 0.2) is 10.9 Å². The van der Waals surface area contributed by atoms with Gasteiger partial charge in [0.25, 0.3) is 17.1 Å². The number of amides is 4. The lowest BCUT2D eigenvalue weighted by Crippen LogP contribution is -2.37. The molecule has 4 amide bonds. The fourth-order valence-corrected chi connectivity index (χ4v) is 4.62. The Hall–Kier alpha value is -3.70. The maximum absolute atomic E-state index is 12.6. The molecule has 1 aliphatic rings. The van der Waals surface area contributed by atoms with Gasteiger partial charge in [-0.2, -0.15) is 0 Å². The van der Waals surface area contributed by atoms with Crippen molar-refractivity contribution in [1.29, 1.82) is 0 Å². The van der Waals surface area contributed by atoms with Crippen LogP contribution in [0.1, 0.15) is 27.4 Å². The highest BCUT2D eigenvalue weighted by Gasteiger charge is 2.34. The molecule has 3 heterocycles. The summed E-state index contributed by atoms with van der Waals surface area (Å²) in [5, 5.41) is 6.95. The molecule has 0 aliphatic carbocycles. The number of hydrogen-bond donors (Lipinski definition) is 2. The molecular formula is C23H20N4O5S2. The molecule has 2 N–H and O–H groups in total. The van der Waals surface area contributed by atoms with Gasteiger partial charge in [0.2, 0.25) is 5.91 Å². The minimum atomic E-state index is -0.427. The maximum atomic E-state index is 12.6. The van der Waals surface area contributed by atoms with Crippen LogP contribution in [0.2, 0.25) is 0 Å². The zero-order valence-corrected chi connectivity index (χ0v) is 19.7. The Balaban J connectivity index is 1.24. The number of imide groups is 1. The third kappa shape index (κ3) is 5.80. The van der Waals surface area contributed by atoms with Gasteiger partial charge in [-0.25, -0.2) is 4.98 Å². The molecule has 174 valence electrons. The molecule has 3 aromatic rings. The number of carbonyl (C=O) groups excluding carboxylic acids is 4. The lowest BCUT2D eigenvalue weighted by atomic mass is 10.1. The average molecular weight is 497 g/mol. The van der Waals surface area contributed by atoms with E-state index in [1.54, 1.807) is 17.5 Å². The molecule has 2 aromatic heterocycles. The Morgan fingerprint density at radius 2 is 1.97 bits per heavy atom. The van der Waals surface area contributed by atoms with Crippen LogP contribution in [0.3, 0.4) is 0 Å². The van der Waals surface area contributed by atoms with Gasteiger partial charge in [-0.05, 0) is 42.5 Å². The molecule has 0 radical (unpaired) electrons. The summed E-state index contributed by atoms with van der Waals surface area (Å²) in [4.78, 5) is 54.8. The van der Waals surface area contributed by atoms with Crippen molar-refractivity contribution in [2.45, 2.75) is 13.3 Å². The average Bonchev–Trinajstić information content (AvgIpc) is 3.54. The van der Waals surface area contributed by atoms with Crippen LogP contribution >= 0.6 is 23.1 Å².